The van der Waals surface area contributed by atoms with Crippen molar-refractivity contribution < 1.29 is 34.0 Å². The van der Waals surface area contributed by atoms with Gasteiger partial charge in [-0.15, -0.1) is 11.8 Å². The van der Waals surface area contributed by atoms with Gasteiger partial charge in [0.15, 0.2) is 6.29 Å². The molecule has 1 saturated heterocycles. The highest BCUT2D eigenvalue weighted by Gasteiger charge is 2.38. The summed E-state index contributed by atoms with van der Waals surface area (Å²) in [6.07, 6.45) is 0.0766. The number of amides is 2. The van der Waals surface area contributed by atoms with E-state index in [0.717, 1.165) is 16.9 Å². The fourth-order valence-electron chi connectivity index (χ4n) is 5.43. The molecule has 4 N–H and O–H groups in total. The number of thioether (sulfide) groups is 1. The first-order chi connectivity index (χ1) is 23.9. The number of carboxylic acids is 1. The summed E-state index contributed by atoms with van der Waals surface area (Å²) in [5.41, 5.74) is 3.68. The minimum Gasteiger partial charge on any atom is -0.478 e. The second-order valence-electron chi connectivity index (χ2n) is 11.4. The SMILES string of the molecule is CC1C(CSc2ncccc2C(=O)O)OC(c2cccc(NC(=O)Nc3ccc(Oc4ccccc4)cc3)c2)OC1c1ccc(CO)cc1. The van der Waals surface area contributed by atoms with Crippen molar-refractivity contribution in [1.29, 1.82) is 0 Å². The van der Waals surface area contributed by atoms with E-state index >= 15 is 0 Å². The number of pyridine rings is 1. The summed E-state index contributed by atoms with van der Waals surface area (Å²) in [7, 11) is 0. The van der Waals surface area contributed by atoms with Crippen LogP contribution in [0, 0.1) is 5.92 Å². The number of hydrogen-bond donors (Lipinski definition) is 4. The lowest BCUT2D eigenvalue weighted by Gasteiger charge is -2.41. The number of anilines is 2. The molecule has 1 aliphatic heterocycles. The van der Waals surface area contributed by atoms with E-state index < -0.39 is 18.3 Å². The topological polar surface area (TPSA) is 139 Å². The number of hydrogen-bond acceptors (Lipinski definition) is 8. The summed E-state index contributed by atoms with van der Waals surface area (Å²) in [6.45, 7) is 1.97. The van der Waals surface area contributed by atoms with Crippen LogP contribution in [0.5, 0.6) is 11.5 Å². The van der Waals surface area contributed by atoms with E-state index in [2.05, 4.69) is 15.6 Å². The van der Waals surface area contributed by atoms with Crippen LogP contribution in [-0.2, 0) is 16.1 Å². The first kappa shape index (κ1) is 33.7. The minimum absolute atomic E-state index is 0.0658. The van der Waals surface area contributed by atoms with Gasteiger partial charge in [-0.3, -0.25) is 0 Å². The number of rotatable bonds is 11. The van der Waals surface area contributed by atoms with Crippen LogP contribution >= 0.6 is 11.8 Å². The lowest BCUT2D eigenvalue weighted by Crippen LogP contribution is -2.38. The first-order valence-corrected chi connectivity index (χ1v) is 16.7. The van der Waals surface area contributed by atoms with Crippen LogP contribution in [0.4, 0.5) is 16.2 Å². The Morgan fingerprint density at radius 2 is 1.55 bits per heavy atom. The average molecular weight is 678 g/mol. The average Bonchev–Trinajstić information content (AvgIpc) is 3.12. The van der Waals surface area contributed by atoms with Crippen LogP contribution in [0.1, 0.15) is 46.4 Å². The number of carboxylic acid groups (broad SMARTS) is 1. The van der Waals surface area contributed by atoms with Crippen molar-refractivity contribution >= 4 is 35.1 Å². The van der Waals surface area contributed by atoms with E-state index in [1.807, 2.05) is 73.7 Å². The zero-order valence-corrected chi connectivity index (χ0v) is 27.4. The number of aliphatic hydroxyl groups excluding tert-OH is 1. The first-order valence-electron chi connectivity index (χ1n) is 15.7. The molecule has 0 radical (unpaired) electrons. The summed E-state index contributed by atoms with van der Waals surface area (Å²) in [6, 6.07) is 34.1. The van der Waals surface area contributed by atoms with Gasteiger partial charge in [-0.25, -0.2) is 14.6 Å². The maximum absolute atomic E-state index is 12.9. The second-order valence-corrected chi connectivity index (χ2v) is 12.4. The summed E-state index contributed by atoms with van der Waals surface area (Å²) >= 11 is 1.32. The second kappa shape index (κ2) is 15.8. The molecule has 2 heterocycles. The zero-order chi connectivity index (χ0) is 34.2. The van der Waals surface area contributed by atoms with Gasteiger partial charge in [0.25, 0.3) is 0 Å². The highest BCUT2D eigenvalue weighted by atomic mass is 32.2. The molecule has 1 aromatic heterocycles. The van der Waals surface area contributed by atoms with Gasteiger partial charge in [-0.05, 0) is 71.8 Å². The molecule has 4 atom stereocenters. The number of aromatic carboxylic acids is 1. The molecule has 6 rings (SSSR count). The highest BCUT2D eigenvalue weighted by molar-refractivity contribution is 7.99. The van der Waals surface area contributed by atoms with Crippen LogP contribution in [0.2, 0.25) is 0 Å². The van der Waals surface area contributed by atoms with E-state index in [1.54, 1.807) is 48.7 Å². The van der Waals surface area contributed by atoms with Gasteiger partial charge in [0.2, 0.25) is 0 Å². The number of carbonyl (C=O) groups excluding carboxylic acids is 1. The van der Waals surface area contributed by atoms with Gasteiger partial charge in [-0.2, -0.15) is 0 Å². The molecular formula is C38H35N3O7S. The maximum Gasteiger partial charge on any atom is 0.338 e. The lowest BCUT2D eigenvalue weighted by molar-refractivity contribution is -0.268. The molecule has 1 fully saturated rings. The minimum atomic E-state index is -1.04. The van der Waals surface area contributed by atoms with Gasteiger partial charge in [0.05, 0.1) is 24.4 Å². The number of urea groups is 1. The van der Waals surface area contributed by atoms with E-state index in [0.29, 0.717) is 33.5 Å². The number of ether oxygens (including phenoxy) is 3. The summed E-state index contributed by atoms with van der Waals surface area (Å²) in [5, 5.41) is 25.3. The van der Waals surface area contributed by atoms with Crippen molar-refractivity contribution in [2.24, 2.45) is 5.92 Å². The molecule has 0 bridgehead atoms. The molecule has 0 saturated carbocycles. The van der Waals surface area contributed by atoms with E-state index in [1.165, 1.54) is 17.8 Å². The standard InChI is InChI=1S/C38H35N3O7S/c1-24-33(23-49-35-32(36(43)44)11-6-20-39-35)47-37(48-34(24)26-14-12-25(22-42)13-15-26)27-7-5-8-29(21-27)41-38(45)40-28-16-18-31(19-17-28)46-30-9-3-2-4-10-30/h2-21,24,33-34,37,42H,22-23H2,1H3,(H,43,44)(H2,40,41,45). The quantitative estimate of drug-likeness (QED) is 0.102. The molecule has 1 aliphatic rings. The molecule has 49 heavy (non-hydrogen) atoms. The van der Waals surface area contributed by atoms with E-state index in [4.69, 9.17) is 14.2 Å². The van der Waals surface area contributed by atoms with Crippen molar-refractivity contribution in [3.05, 3.63) is 144 Å². The zero-order valence-electron chi connectivity index (χ0n) is 26.6. The molecule has 250 valence electrons. The highest BCUT2D eigenvalue weighted by Crippen LogP contribution is 2.43. The van der Waals surface area contributed by atoms with Crippen LogP contribution in [0.3, 0.4) is 0 Å². The fourth-order valence-corrected chi connectivity index (χ4v) is 6.58. The molecule has 2 amide bonds. The summed E-state index contributed by atoms with van der Waals surface area (Å²) in [4.78, 5) is 29.0. The molecule has 11 heteroatoms. The van der Waals surface area contributed by atoms with Crippen molar-refractivity contribution in [1.82, 2.24) is 4.98 Å². The predicted molar refractivity (Wildman–Crippen MR) is 187 cm³/mol. The number of aromatic nitrogens is 1. The summed E-state index contributed by atoms with van der Waals surface area (Å²) in [5.74, 6) is 0.640. The van der Waals surface area contributed by atoms with Gasteiger partial charge < -0.3 is 35.1 Å². The van der Waals surface area contributed by atoms with Gasteiger partial charge in [0.1, 0.15) is 16.5 Å². The fraction of sp³-hybridized carbons (Fsp3) is 0.184. The molecule has 0 aliphatic carbocycles. The predicted octanol–water partition coefficient (Wildman–Crippen LogP) is 8.29. The Hall–Kier alpha value is -5.20. The molecule has 4 unspecified atom stereocenters. The molecule has 4 aromatic carbocycles. The molecular weight excluding hydrogens is 642 g/mol. The van der Waals surface area contributed by atoms with Crippen molar-refractivity contribution in [2.45, 2.75) is 37.1 Å². The Bertz CT molecular complexity index is 1870. The van der Waals surface area contributed by atoms with Crippen molar-refractivity contribution in [2.75, 3.05) is 16.4 Å². The van der Waals surface area contributed by atoms with Crippen molar-refractivity contribution in [3.63, 3.8) is 0 Å². The van der Waals surface area contributed by atoms with Gasteiger partial charge >= 0.3 is 12.0 Å². The van der Waals surface area contributed by atoms with Gasteiger partial charge in [0, 0.05) is 34.8 Å². The van der Waals surface area contributed by atoms with Crippen LogP contribution in [-0.4, -0.2) is 39.1 Å². The monoisotopic (exact) mass is 677 g/mol. The van der Waals surface area contributed by atoms with Crippen LogP contribution in [0.25, 0.3) is 0 Å². The van der Waals surface area contributed by atoms with Crippen molar-refractivity contribution in [3.8, 4) is 11.5 Å². The maximum atomic E-state index is 12.9. The lowest BCUT2D eigenvalue weighted by atomic mass is 9.91. The Balaban J connectivity index is 1.16. The number of nitrogens with zero attached hydrogens (tertiary/aromatic N) is 1. The third-order valence-corrected chi connectivity index (χ3v) is 9.11. The Kier molecular flexibility index (Phi) is 10.9. The largest absolute Gasteiger partial charge is 0.478 e. The Morgan fingerprint density at radius 1 is 0.816 bits per heavy atom. The molecule has 0 spiro atoms. The number of benzene rings is 4. The smallest absolute Gasteiger partial charge is 0.338 e. The van der Waals surface area contributed by atoms with Gasteiger partial charge in [-0.1, -0.05) is 61.5 Å². The Morgan fingerprint density at radius 3 is 2.29 bits per heavy atom. The van der Waals surface area contributed by atoms with E-state index in [9.17, 15) is 19.8 Å². The third-order valence-electron chi connectivity index (χ3n) is 8.02. The van der Waals surface area contributed by atoms with Crippen LogP contribution in [0.15, 0.2) is 126 Å². The molecule has 5 aromatic rings. The normalized spacial score (nSPS) is 18.7. The number of carbonyl (C=O) groups is 2. The number of aliphatic hydroxyl groups is 1. The Labute approximate surface area is 288 Å². The van der Waals surface area contributed by atoms with E-state index in [-0.39, 0.29) is 30.3 Å². The van der Waals surface area contributed by atoms with Crippen LogP contribution < -0.4 is 15.4 Å². The summed E-state index contributed by atoms with van der Waals surface area (Å²) < 4.78 is 18.9. The third kappa shape index (κ3) is 8.64. The number of nitrogens with one attached hydrogen (secondary N) is 2. The number of para-hydroxylation sites is 1. The molecule has 10 nitrogen and oxygen atoms in total.